The smallest absolute Gasteiger partial charge is 0.310 e. The summed E-state index contributed by atoms with van der Waals surface area (Å²) in [5.74, 6) is -0.118. The normalized spacial score (nSPS) is 20.1. The zero-order chi connectivity index (χ0) is 12.3. The first-order valence-corrected chi connectivity index (χ1v) is 6.17. The molecule has 1 aromatic rings. The van der Waals surface area contributed by atoms with Gasteiger partial charge in [-0.1, -0.05) is 11.6 Å². The number of benzene rings is 1. The third kappa shape index (κ3) is 2.91. The molecule has 92 valence electrons. The molecule has 1 aromatic carbocycles. The molecule has 1 unspecified atom stereocenters. The number of nitrogens with zero attached hydrogens (tertiary/aromatic N) is 1. The van der Waals surface area contributed by atoms with Crippen LogP contribution in [0.3, 0.4) is 0 Å². The first kappa shape index (κ1) is 12.2. The highest BCUT2D eigenvalue weighted by Gasteiger charge is 2.26. The van der Waals surface area contributed by atoms with Crippen molar-refractivity contribution in [3.63, 3.8) is 0 Å². The van der Waals surface area contributed by atoms with Gasteiger partial charge in [0.2, 0.25) is 0 Å². The van der Waals surface area contributed by atoms with Crippen molar-refractivity contribution in [1.82, 2.24) is 0 Å². The van der Waals surface area contributed by atoms with Gasteiger partial charge >= 0.3 is 5.97 Å². The molecule has 1 atom stereocenters. The molecule has 1 saturated heterocycles. The number of hydrogen-bond acceptors (Lipinski definition) is 3. The number of piperidine rings is 1. The lowest BCUT2D eigenvalue weighted by Crippen LogP contribution is -2.39. The average molecular weight is 254 g/mol. The van der Waals surface area contributed by atoms with E-state index in [1.807, 2.05) is 24.3 Å². The maximum atomic E-state index is 11.5. The molecule has 0 N–H and O–H groups in total. The molecule has 0 amide bonds. The van der Waals surface area contributed by atoms with Gasteiger partial charge < -0.3 is 9.64 Å². The molecule has 17 heavy (non-hydrogen) atoms. The summed E-state index contributed by atoms with van der Waals surface area (Å²) in [5.41, 5.74) is 1.11. The third-order valence-electron chi connectivity index (χ3n) is 3.15. The van der Waals surface area contributed by atoms with E-state index in [0.717, 1.165) is 36.6 Å². The highest BCUT2D eigenvalue weighted by Crippen LogP contribution is 2.25. The van der Waals surface area contributed by atoms with Crippen LogP contribution in [0, 0.1) is 5.92 Å². The zero-order valence-electron chi connectivity index (χ0n) is 9.86. The summed E-state index contributed by atoms with van der Waals surface area (Å²) >= 11 is 5.86. The topological polar surface area (TPSA) is 29.5 Å². The van der Waals surface area contributed by atoms with E-state index in [1.165, 1.54) is 7.11 Å². The van der Waals surface area contributed by atoms with Crippen molar-refractivity contribution in [2.45, 2.75) is 12.8 Å². The van der Waals surface area contributed by atoms with Gasteiger partial charge in [-0.3, -0.25) is 4.79 Å². The Kier molecular flexibility index (Phi) is 3.89. The van der Waals surface area contributed by atoms with Crippen molar-refractivity contribution in [1.29, 1.82) is 0 Å². The van der Waals surface area contributed by atoms with Crippen molar-refractivity contribution in [2.75, 3.05) is 25.1 Å². The lowest BCUT2D eigenvalue weighted by atomic mass is 9.98. The zero-order valence-corrected chi connectivity index (χ0v) is 10.6. The van der Waals surface area contributed by atoms with E-state index < -0.39 is 0 Å². The predicted molar refractivity (Wildman–Crippen MR) is 68.4 cm³/mol. The highest BCUT2D eigenvalue weighted by molar-refractivity contribution is 6.30. The molecule has 0 bridgehead atoms. The van der Waals surface area contributed by atoms with Crippen LogP contribution in [-0.4, -0.2) is 26.2 Å². The first-order valence-electron chi connectivity index (χ1n) is 5.79. The van der Waals surface area contributed by atoms with Crippen molar-refractivity contribution in [3.8, 4) is 0 Å². The van der Waals surface area contributed by atoms with Crippen LogP contribution in [0.2, 0.25) is 5.02 Å². The minimum atomic E-state index is -0.108. The van der Waals surface area contributed by atoms with E-state index in [-0.39, 0.29) is 11.9 Å². The van der Waals surface area contributed by atoms with Crippen molar-refractivity contribution < 1.29 is 9.53 Å². The SMILES string of the molecule is COC(=O)C1CCCN(c2ccc(Cl)cc2)C1. The molecule has 0 saturated carbocycles. The Morgan fingerprint density at radius 1 is 1.41 bits per heavy atom. The quantitative estimate of drug-likeness (QED) is 0.759. The summed E-state index contributed by atoms with van der Waals surface area (Å²) in [6, 6.07) is 7.72. The van der Waals surface area contributed by atoms with E-state index in [9.17, 15) is 4.79 Å². The number of rotatable bonds is 2. The number of carbonyl (C=O) groups is 1. The number of carbonyl (C=O) groups excluding carboxylic acids is 1. The maximum absolute atomic E-state index is 11.5. The van der Waals surface area contributed by atoms with Gasteiger partial charge in [-0.05, 0) is 37.1 Å². The van der Waals surface area contributed by atoms with Gasteiger partial charge in [-0.25, -0.2) is 0 Å². The van der Waals surface area contributed by atoms with Crippen LogP contribution >= 0.6 is 11.6 Å². The van der Waals surface area contributed by atoms with Gasteiger partial charge in [0.1, 0.15) is 0 Å². The summed E-state index contributed by atoms with van der Waals surface area (Å²) in [6.45, 7) is 1.71. The molecular formula is C13H16ClNO2. The second-order valence-corrected chi connectivity index (χ2v) is 4.72. The van der Waals surface area contributed by atoms with Crippen LogP contribution in [0.5, 0.6) is 0 Å². The monoisotopic (exact) mass is 253 g/mol. The fourth-order valence-corrected chi connectivity index (χ4v) is 2.35. The molecule has 0 spiro atoms. The van der Waals surface area contributed by atoms with Crippen LogP contribution in [0.4, 0.5) is 5.69 Å². The van der Waals surface area contributed by atoms with Crippen LogP contribution in [0.15, 0.2) is 24.3 Å². The number of methoxy groups -OCH3 is 1. The van der Waals surface area contributed by atoms with E-state index in [0.29, 0.717) is 0 Å². The first-order chi connectivity index (χ1) is 8.20. The van der Waals surface area contributed by atoms with E-state index in [1.54, 1.807) is 0 Å². The fraction of sp³-hybridized carbons (Fsp3) is 0.462. The van der Waals surface area contributed by atoms with Gasteiger partial charge in [-0.15, -0.1) is 0 Å². The number of hydrogen-bond donors (Lipinski definition) is 0. The molecular weight excluding hydrogens is 238 g/mol. The number of esters is 1. The lowest BCUT2D eigenvalue weighted by Gasteiger charge is -2.33. The van der Waals surface area contributed by atoms with Crippen LogP contribution in [0.1, 0.15) is 12.8 Å². The summed E-state index contributed by atoms with van der Waals surface area (Å²) < 4.78 is 4.81. The van der Waals surface area contributed by atoms with E-state index in [2.05, 4.69) is 4.90 Å². The van der Waals surface area contributed by atoms with Crippen molar-refractivity contribution in [3.05, 3.63) is 29.3 Å². The Balaban J connectivity index is 2.06. The molecule has 0 radical (unpaired) electrons. The largest absolute Gasteiger partial charge is 0.469 e. The summed E-state index contributed by atoms with van der Waals surface area (Å²) in [7, 11) is 1.45. The van der Waals surface area contributed by atoms with Gasteiger partial charge in [0.05, 0.1) is 13.0 Å². The summed E-state index contributed by atoms with van der Waals surface area (Å²) in [5, 5.41) is 0.732. The van der Waals surface area contributed by atoms with Gasteiger partial charge in [-0.2, -0.15) is 0 Å². The Labute approximate surface area is 106 Å². The van der Waals surface area contributed by atoms with Crippen LogP contribution in [-0.2, 0) is 9.53 Å². The molecule has 3 nitrogen and oxygen atoms in total. The molecule has 2 rings (SSSR count). The lowest BCUT2D eigenvalue weighted by molar-refractivity contribution is -0.145. The molecule has 1 fully saturated rings. The van der Waals surface area contributed by atoms with Gasteiger partial charge in [0.25, 0.3) is 0 Å². The number of ether oxygens (including phenoxy) is 1. The fourth-order valence-electron chi connectivity index (χ4n) is 2.22. The Hall–Kier alpha value is -1.22. The van der Waals surface area contributed by atoms with E-state index in [4.69, 9.17) is 16.3 Å². The standard InChI is InChI=1S/C13H16ClNO2/c1-17-13(16)10-3-2-8-15(9-10)12-6-4-11(14)5-7-12/h4-7,10H,2-3,8-9H2,1H3. The minimum absolute atomic E-state index is 0.00979. The highest BCUT2D eigenvalue weighted by atomic mass is 35.5. The molecule has 1 aliphatic heterocycles. The van der Waals surface area contributed by atoms with Crippen molar-refractivity contribution >= 4 is 23.3 Å². The Morgan fingerprint density at radius 2 is 2.12 bits per heavy atom. The van der Waals surface area contributed by atoms with Gasteiger partial charge in [0, 0.05) is 23.8 Å². The third-order valence-corrected chi connectivity index (χ3v) is 3.40. The molecule has 1 heterocycles. The van der Waals surface area contributed by atoms with Crippen LogP contribution in [0.25, 0.3) is 0 Å². The maximum Gasteiger partial charge on any atom is 0.310 e. The predicted octanol–water partition coefficient (Wildman–Crippen LogP) is 2.73. The number of halogens is 1. The molecule has 0 aliphatic carbocycles. The summed E-state index contributed by atoms with van der Waals surface area (Å²) in [4.78, 5) is 13.7. The molecule has 1 aliphatic rings. The van der Waals surface area contributed by atoms with Crippen molar-refractivity contribution in [2.24, 2.45) is 5.92 Å². The van der Waals surface area contributed by atoms with E-state index >= 15 is 0 Å². The summed E-state index contributed by atoms with van der Waals surface area (Å²) in [6.07, 6.45) is 1.93. The second-order valence-electron chi connectivity index (χ2n) is 4.28. The van der Waals surface area contributed by atoms with Gasteiger partial charge in [0.15, 0.2) is 0 Å². The second kappa shape index (κ2) is 5.41. The Morgan fingerprint density at radius 3 is 2.76 bits per heavy atom. The minimum Gasteiger partial charge on any atom is -0.469 e. The molecule has 4 heteroatoms. The van der Waals surface area contributed by atoms with Crippen LogP contribution < -0.4 is 4.90 Å². The Bertz CT molecular complexity index is 391. The average Bonchev–Trinajstić information content (AvgIpc) is 2.39. The molecule has 0 aromatic heterocycles. The number of anilines is 1.